The number of carbonyl (C=O) groups is 2. The van der Waals surface area contributed by atoms with E-state index in [9.17, 15) is 9.59 Å². The normalized spacial score (nSPS) is 25.1. The molecule has 3 heterocycles. The number of nitrogens with one attached hydrogen (secondary N) is 1. The Kier molecular flexibility index (Phi) is 3.69. The molecule has 7 nitrogen and oxygen atoms in total. The van der Waals surface area contributed by atoms with Crippen LogP contribution in [0.3, 0.4) is 0 Å². The second-order valence-electron chi connectivity index (χ2n) is 6.36. The van der Waals surface area contributed by atoms with Gasteiger partial charge < -0.3 is 24.4 Å². The highest BCUT2D eigenvalue weighted by atomic mass is 16.7. The number of hydrogen-bond acceptors (Lipinski definition) is 5. The molecule has 1 atom stereocenters. The van der Waals surface area contributed by atoms with Crippen molar-refractivity contribution in [2.75, 3.05) is 31.6 Å². The van der Waals surface area contributed by atoms with Crippen LogP contribution in [0.4, 0.5) is 5.69 Å². The van der Waals surface area contributed by atoms with Crippen LogP contribution in [0.2, 0.25) is 0 Å². The molecule has 2 amide bonds. The average Bonchev–Trinajstić information content (AvgIpc) is 3.04. The maximum Gasteiger partial charge on any atom is 0.265 e. The van der Waals surface area contributed by atoms with Gasteiger partial charge in [0.15, 0.2) is 11.9 Å². The van der Waals surface area contributed by atoms with Gasteiger partial charge in [0.25, 0.3) is 11.8 Å². The highest BCUT2D eigenvalue weighted by molar-refractivity contribution is 6.00. The van der Waals surface area contributed by atoms with E-state index >= 15 is 0 Å². The zero-order chi connectivity index (χ0) is 16.7. The van der Waals surface area contributed by atoms with E-state index in [1.54, 1.807) is 25.1 Å². The predicted molar refractivity (Wildman–Crippen MR) is 84.9 cm³/mol. The summed E-state index contributed by atoms with van der Waals surface area (Å²) >= 11 is 0. The Balaban J connectivity index is 1.47. The van der Waals surface area contributed by atoms with Crippen molar-refractivity contribution < 1.29 is 23.8 Å². The lowest BCUT2D eigenvalue weighted by Gasteiger charge is -2.37. The maximum atomic E-state index is 12.7. The number of likely N-dealkylation sites (tertiary alicyclic amines) is 1. The van der Waals surface area contributed by atoms with E-state index < -0.39 is 11.9 Å². The van der Waals surface area contributed by atoms with Crippen molar-refractivity contribution in [3.8, 4) is 5.75 Å². The van der Waals surface area contributed by atoms with Crippen molar-refractivity contribution in [2.45, 2.75) is 31.7 Å². The van der Waals surface area contributed by atoms with Crippen molar-refractivity contribution in [2.24, 2.45) is 0 Å². The largest absolute Gasteiger partial charge is 0.479 e. The number of nitrogens with zero attached hydrogens (tertiary/aromatic N) is 1. The molecule has 128 valence electrons. The number of rotatable bonds is 1. The van der Waals surface area contributed by atoms with E-state index in [0.29, 0.717) is 56.1 Å². The Morgan fingerprint density at radius 1 is 1.25 bits per heavy atom. The van der Waals surface area contributed by atoms with E-state index in [0.717, 1.165) is 0 Å². The number of hydrogen-bond donors (Lipinski definition) is 1. The van der Waals surface area contributed by atoms with Gasteiger partial charge in [-0.3, -0.25) is 9.59 Å². The maximum absolute atomic E-state index is 12.7. The third kappa shape index (κ3) is 2.63. The molecule has 0 radical (unpaired) electrons. The van der Waals surface area contributed by atoms with Crippen molar-refractivity contribution in [3.63, 3.8) is 0 Å². The number of fused-ring (bicyclic) bond motifs is 1. The van der Waals surface area contributed by atoms with Gasteiger partial charge in [-0.1, -0.05) is 0 Å². The Bertz CT molecular complexity index is 674. The van der Waals surface area contributed by atoms with Crippen LogP contribution in [0.25, 0.3) is 0 Å². The molecule has 1 N–H and O–H groups in total. The van der Waals surface area contributed by atoms with Crippen molar-refractivity contribution >= 4 is 17.5 Å². The summed E-state index contributed by atoms with van der Waals surface area (Å²) in [6.07, 6.45) is 0.815. The molecule has 2 fully saturated rings. The molecule has 1 spiro atoms. The number of benzene rings is 1. The summed E-state index contributed by atoms with van der Waals surface area (Å²) in [5.41, 5.74) is 1.15. The lowest BCUT2D eigenvalue weighted by molar-refractivity contribution is -0.181. The first-order chi connectivity index (χ1) is 11.6. The van der Waals surface area contributed by atoms with Gasteiger partial charge in [-0.15, -0.1) is 0 Å². The van der Waals surface area contributed by atoms with Gasteiger partial charge in [0.1, 0.15) is 5.75 Å². The molecule has 1 aromatic carbocycles. The summed E-state index contributed by atoms with van der Waals surface area (Å²) in [4.78, 5) is 26.2. The zero-order valence-electron chi connectivity index (χ0n) is 13.5. The van der Waals surface area contributed by atoms with Crippen LogP contribution in [0.5, 0.6) is 5.75 Å². The molecule has 0 aliphatic carbocycles. The van der Waals surface area contributed by atoms with Crippen LogP contribution in [0, 0.1) is 0 Å². The lowest BCUT2D eigenvalue weighted by atomic mass is 10.0. The average molecular weight is 332 g/mol. The minimum atomic E-state index is -0.561. The first-order valence-corrected chi connectivity index (χ1v) is 8.25. The van der Waals surface area contributed by atoms with Crippen LogP contribution in [0.15, 0.2) is 18.2 Å². The molecule has 0 aromatic heterocycles. The van der Waals surface area contributed by atoms with Gasteiger partial charge in [-0.05, 0) is 25.1 Å². The molecular weight excluding hydrogens is 312 g/mol. The molecule has 0 bridgehead atoms. The van der Waals surface area contributed by atoms with Crippen molar-refractivity contribution in [1.29, 1.82) is 0 Å². The SMILES string of the molecule is CC1Oc2cc(C(=O)N3CCC4(CC3)OCCO4)ccc2NC1=O. The smallest absolute Gasteiger partial charge is 0.265 e. The van der Waals surface area contributed by atoms with Crippen LogP contribution in [-0.2, 0) is 14.3 Å². The number of carbonyl (C=O) groups excluding carboxylic acids is 2. The van der Waals surface area contributed by atoms with E-state index in [1.807, 2.05) is 4.90 Å². The second kappa shape index (κ2) is 5.75. The molecule has 1 aromatic rings. The number of piperidine rings is 1. The van der Waals surface area contributed by atoms with Crippen molar-refractivity contribution in [3.05, 3.63) is 23.8 Å². The molecule has 7 heteroatoms. The summed E-state index contributed by atoms with van der Waals surface area (Å²) in [6.45, 7) is 4.13. The summed E-state index contributed by atoms with van der Waals surface area (Å²) in [5, 5.41) is 2.77. The topological polar surface area (TPSA) is 77.1 Å². The van der Waals surface area contributed by atoms with E-state index in [2.05, 4.69) is 5.32 Å². The Labute approximate surface area is 139 Å². The highest BCUT2D eigenvalue weighted by Gasteiger charge is 2.41. The third-order valence-corrected chi connectivity index (χ3v) is 4.79. The summed E-state index contributed by atoms with van der Waals surface area (Å²) in [5.74, 6) is -0.183. The van der Waals surface area contributed by atoms with Crippen LogP contribution in [0.1, 0.15) is 30.1 Å². The molecule has 3 aliphatic heterocycles. The van der Waals surface area contributed by atoms with Gasteiger partial charge in [0, 0.05) is 31.5 Å². The van der Waals surface area contributed by atoms with Gasteiger partial charge in [0.2, 0.25) is 0 Å². The van der Waals surface area contributed by atoms with Crippen LogP contribution in [-0.4, -0.2) is 54.9 Å². The fourth-order valence-electron chi connectivity index (χ4n) is 3.35. The van der Waals surface area contributed by atoms with Gasteiger partial charge in [0.05, 0.1) is 18.9 Å². The molecular formula is C17H20N2O5. The molecule has 0 saturated carbocycles. The monoisotopic (exact) mass is 332 g/mol. The van der Waals surface area contributed by atoms with Gasteiger partial charge >= 0.3 is 0 Å². The summed E-state index contributed by atoms with van der Waals surface area (Å²) < 4.78 is 17.0. The standard InChI is InChI=1S/C17H20N2O5/c1-11-15(20)18-13-3-2-12(10-14(13)24-11)16(21)19-6-4-17(5-7-19)22-8-9-23-17/h2-3,10-11H,4-9H2,1H3,(H,18,20). The zero-order valence-corrected chi connectivity index (χ0v) is 13.5. The fourth-order valence-corrected chi connectivity index (χ4v) is 3.35. The van der Waals surface area contributed by atoms with E-state index in [4.69, 9.17) is 14.2 Å². The predicted octanol–water partition coefficient (Wildman–Crippen LogP) is 1.39. The Hall–Kier alpha value is -2.12. The molecule has 3 aliphatic rings. The number of amides is 2. The lowest BCUT2D eigenvalue weighted by Crippen LogP contribution is -2.47. The molecule has 2 saturated heterocycles. The van der Waals surface area contributed by atoms with E-state index in [1.165, 1.54) is 0 Å². The summed E-state index contributed by atoms with van der Waals surface area (Å²) in [7, 11) is 0. The minimum Gasteiger partial charge on any atom is -0.479 e. The molecule has 24 heavy (non-hydrogen) atoms. The van der Waals surface area contributed by atoms with Crippen molar-refractivity contribution in [1.82, 2.24) is 4.90 Å². The first-order valence-electron chi connectivity index (χ1n) is 8.25. The highest BCUT2D eigenvalue weighted by Crippen LogP contribution is 2.33. The molecule has 1 unspecified atom stereocenters. The molecule has 4 rings (SSSR count). The quantitative estimate of drug-likeness (QED) is 0.841. The first kappa shape index (κ1) is 15.4. The Morgan fingerprint density at radius 3 is 2.67 bits per heavy atom. The van der Waals surface area contributed by atoms with Crippen LogP contribution >= 0.6 is 0 Å². The third-order valence-electron chi connectivity index (χ3n) is 4.79. The Morgan fingerprint density at radius 2 is 1.96 bits per heavy atom. The van der Waals surface area contributed by atoms with Crippen LogP contribution < -0.4 is 10.1 Å². The van der Waals surface area contributed by atoms with E-state index in [-0.39, 0.29) is 11.8 Å². The summed E-state index contributed by atoms with van der Waals surface area (Å²) in [6, 6.07) is 5.12. The number of anilines is 1. The minimum absolute atomic E-state index is 0.0428. The fraction of sp³-hybridized carbons (Fsp3) is 0.529. The van der Waals surface area contributed by atoms with Gasteiger partial charge in [-0.25, -0.2) is 0 Å². The second-order valence-corrected chi connectivity index (χ2v) is 6.36. The van der Waals surface area contributed by atoms with Gasteiger partial charge in [-0.2, -0.15) is 0 Å². The number of ether oxygens (including phenoxy) is 3.